The Morgan fingerprint density at radius 2 is 2.04 bits per heavy atom. The minimum atomic E-state index is -0.981. The molecule has 2 unspecified atom stereocenters. The lowest BCUT2D eigenvalue weighted by Gasteiger charge is -2.34. The molecule has 7 heteroatoms. The van der Waals surface area contributed by atoms with Gasteiger partial charge in [0.25, 0.3) is 5.91 Å². The number of nitrogens with zero attached hydrogens (tertiary/aromatic N) is 1. The second-order valence-electron chi connectivity index (χ2n) is 6.14. The van der Waals surface area contributed by atoms with E-state index in [1.165, 1.54) is 17.0 Å². The molecule has 1 aliphatic rings. The van der Waals surface area contributed by atoms with E-state index in [1.807, 2.05) is 12.1 Å². The summed E-state index contributed by atoms with van der Waals surface area (Å²) in [5.74, 6) is -2.43. The summed E-state index contributed by atoms with van der Waals surface area (Å²) < 4.78 is 18.7. The Bertz CT molecular complexity index is 857. The van der Waals surface area contributed by atoms with Gasteiger partial charge >= 0.3 is 5.97 Å². The normalized spacial score (nSPS) is 17.3. The van der Waals surface area contributed by atoms with Gasteiger partial charge in [-0.3, -0.25) is 9.59 Å². The van der Waals surface area contributed by atoms with Crippen molar-refractivity contribution in [3.8, 4) is 5.75 Å². The first-order chi connectivity index (χ1) is 12.4. The topological polar surface area (TPSA) is 66.8 Å². The number of amides is 1. The van der Waals surface area contributed by atoms with E-state index in [1.54, 1.807) is 19.1 Å². The number of fused-ring (bicyclic) bond motifs is 1. The van der Waals surface area contributed by atoms with Gasteiger partial charge in [-0.25, -0.2) is 4.39 Å². The van der Waals surface area contributed by atoms with Crippen molar-refractivity contribution in [1.29, 1.82) is 0 Å². The van der Waals surface area contributed by atoms with Crippen LogP contribution in [0.1, 0.15) is 24.0 Å². The zero-order chi connectivity index (χ0) is 18.8. The van der Waals surface area contributed by atoms with Crippen molar-refractivity contribution < 1.29 is 23.8 Å². The molecule has 1 heterocycles. The van der Waals surface area contributed by atoms with Crippen LogP contribution in [0.3, 0.4) is 0 Å². The zero-order valence-corrected chi connectivity index (χ0v) is 14.7. The van der Waals surface area contributed by atoms with Gasteiger partial charge in [0.2, 0.25) is 0 Å². The van der Waals surface area contributed by atoms with Crippen molar-refractivity contribution in [1.82, 2.24) is 4.90 Å². The Morgan fingerprint density at radius 3 is 2.73 bits per heavy atom. The number of ether oxygens (including phenoxy) is 1. The molecule has 0 aromatic heterocycles. The highest BCUT2D eigenvalue weighted by molar-refractivity contribution is 6.32. The summed E-state index contributed by atoms with van der Waals surface area (Å²) in [4.78, 5) is 25.8. The summed E-state index contributed by atoms with van der Waals surface area (Å²) in [5.41, 5.74) is 1.52. The standard InChI is InChI=1S/C19H17ClFNO4/c1-11(26-17-7-6-13(21)8-16(17)20)18(23)22-9-12-4-2-3-5-14(12)15(10-22)19(24)25/h2-8,11,15H,9-10H2,1H3,(H,24,25). The SMILES string of the molecule is CC(Oc1ccc(F)cc1Cl)C(=O)N1Cc2ccccc2C(C(=O)O)C1. The Kier molecular flexibility index (Phi) is 5.13. The first-order valence-electron chi connectivity index (χ1n) is 8.08. The fourth-order valence-corrected chi connectivity index (χ4v) is 3.27. The predicted molar refractivity (Wildman–Crippen MR) is 93.7 cm³/mol. The van der Waals surface area contributed by atoms with Crippen LogP contribution in [0.25, 0.3) is 0 Å². The lowest BCUT2D eigenvalue weighted by molar-refractivity contribution is -0.143. The number of aliphatic carboxylic acids is 1. The molecule has 0 spiro atoms. The van der Waals surface area contributed by atoms with Crippen molar-refractivity contribution in [2.45, 2.75) is 25.5 Å². The number of hydrogen-bond donors (Lipinski definition) is 1. The van der Waals surface area contributed by atoms with Crippen LogP contribution >= 0.6 is 11.6 Å². The van der Waals surface area contributed by atoms with E-state index >= 15 is 0 Å². The molecule has 2 atom stereocenters. The van der Waals surface area contributed by atoms with Gasteiger partial charge in [0.1, 0.15) is 11.6 Å². The average molecular weight is 378 g/mol. The van der Waals surface area contributed by atoms with E-state index in [9.17, 15) is 19.1 Å². The minimum Gasteiger partial charge on any atom is -0.481 e. The smallest absolute Gasteiger partial charge is 0.312 e. The van der Waals surface area contributed by atoms with Crippen molar-refractivity contribution in [2.75, 3.05) is 6.54 Å². The first kappa shape index (κ1) is 18.2. The van der Waals surface area contributed by atoms with Crippen LogP contribution in [-0.2, 0) is 16.1 Å². The van der Waals surface area contributed by atoms with Gasteiger partial charge in [-0.1, -0.05) is 35.9 Å². The minimum absolute atomic E-state index is 0.0655. The van der Waals surface area contributed by atoms with Gasteiger partial charge < -0.3 is 14.7 Å². The largest absolute Gasteiger partial charge is 0.481 e. The molecule has 0 aliphatic carbocycles. The molecule has 1 aliphatic heterocycles. The van der Waals surface area contributed by atoms with Gasteiger partial charge in [-0.2, -0.15) is 0 Å². The van der Waals surface area contributed by atoms with Crippen LogP contribution in [0.4, 0.5) is 4.39 Å². The lowest BCUT2D eigenvalue weighted by atomic mass is 9.89. The Labute approximate surface area is 154 Å². The maximum Gasteiger partial charge on any atom is 0.312 e. The van der Waals surface area contributed by atoms with Crippen LogP contribution in [0.5, 0.6) is 5.75 Å². The van der Waals surface area contributed by atoms with Crippen molar-refractivity contribution >= 4 is 23.5 Å². The molecular weight excluding hydrogens is 361 g/mol. The first-order valence-corrected chi connectivity index (χ1v) is 8.45. The number of rotatable bonds is 4. The fourth-order valence-electron chi connectivity index (χ4n) is 3.05. The van der Waals surface area contributed by atoms with Crippen molar-refractivity contribution in [3.63, 3.8) is 0 Å². The Morgan fingerprint density at radius 1 is 1.31 bits per heavy atom. The summed E-state index contributed by atoms with van der Waals surface area (Å²) in [6.07, 6.45) is -0.891. The van der Waals surface area contributed by atoms with E-state index in [4.69, 9.17) is 16.3 Å². The van der Waals surface area contributed by atoms with E-state index in [2.05, 4.69) is 0 Å². The molecule has 0 bridgehead atoms. The lowest BCUT2D eigenvalue weighted by Crippen LogP contribution is -2.45. The number of carbonyl (C=O) groups is 2. The maximum absolute atomic E-state index is 13.1. The summed E-state index contributed by atoms with van der Waals surface area (Å²) in [7, 11) is 0. The Balaban J connectivity index is 1.78. The number of carbonyl (C=O) groups excluding carboxylic acids is 1. The molecule has 26 heavy (non-hydrogen) atoms. The number of hydrogen-bond acceptors (Lipinski definition) is 3. The van der Waals surface area contributed by atoms with Crippen molar-refractivity contribution in [3.05, 3.63) is 64.4 Å². The van der Waals surface area contributed by atoms with Crippen LogP contribution in [0, 0.1) is 5.82 Å². The molecular formula is C19H17ClFNO4. The van der Waals surface area contributed by atoms with Gasteiger partial charge in [0.15, 0.2) is 6.10 Å². The summed E-state index contributed by atoms with van der Waals surface area (Å²) in [5, 5.41) is 9.57. The molecule has 1 amide bonds. The number of halogens is 2. The highest BCUT2D eigenvalue weighted by Crippen LogP contribution is 2.30. The van der Waals surface area contributed by atoms with Crippen molar-refractivity contribution in [2.24, 2.45) is 0 Å². The van der Waals surface area contributed by atoms with Crippen LogP contribution in [0.2, 0.25) is 5.02 Å². The second-order valence-corrected chi connectivity index (χ2v) is 6.55. The van der Waals surface area contributed by atoms with E-state index < -0.39 is 23.8 Å². The zero-order valence-electron chi connectivity index (χ0n) is 14.0. The number of carboxylic acid groups (broad SMARTS) is 1. The molecule has 2 aromatic carbocycles. The monoisotopic (exact) mass is 377 g/mol. The number of carboxylic acids is 1. The average Bonchev–Trinajstić information content (AvgIpc) is 2.62. The predicted octanol–water partition coefficient (Wildman–Crippen LogP) is 3.46. The highest BCUT2D eigenvalue weighted by atomic mass is 35.5. The molecule has 1 N–H and O–H groups in total. The molecule has 0 fully saturated rings. The van der Waals surface area contributed by atoms with Crippen LogP contribution in [0.15, 0.2) is 42.5 Å². The highest BCUT2D eigenvalue weighted by Gasteiger charge is 2.34. The summed E-state index contributed by atoms with van der Waals surface area (Å²) in [6, 6.07) is 10.8. The van der Waals surface area contributed by atoms with E-state index in [0.29, 0.717) is 6.54 Å². The molecule has 136 valence electrons. The third-order valence-corrected chi connectivity index (χ3v) is 4.65. The third kappa shape index (κ3) is 3.65. The van der Waals surface area contributed by atoms with Gasteiger partial charge in [0.05, 0.1) is 10.9 Å². The maximum atomic E-state index is 13.1. The van der Waals surface area contributed by atoms with Gasteiger partial charge in [-0.05, 0) is 36.2 Å². The molecule has 0 saturated carbocycles. The molecule has 2 aromatic rings. The van der Waals surface area contributed by atoms with Crippen LogP contribution < -0.4 is 4.74 Å². The quantitative estimate of drug-likeness (QED) is 0.886. The van der Waals surface area contributed by atoms with E-state index in [0.717, 1.165) is 17.2 Å². The molecule has 0 radical (unpaired) electrons. The third-order valence-electron chi connectivity index (χ3n) is 4.35. The molecule has 3 rings (SSSR count). The van der Waals surface area contributed by atoms with Crippen LogP contribution in [-0.4, -0.2) is 34.5 Å². The summed E-state index contributed by atoms with van der Waals surface area (Å²) in [6.45, 7) is 1.93. The van der Waals surface area contributed by atoms with E-state index in [-0.39, 0.29) is 23.2 Å². The Hall–Kier alpha value is -2.60. The molecule has 5 nitrogen and oxygen atoms in total. The molecule has 0 saturated heterocycles. The van der Waals surface area contributed by atoms with Gasteiger partial charge in [-0.15, -0.1) is 0 Å². The van der Waals surface area contributed by atoms with Gasteiger partial charge in [0, 0.05) is 13.1 Å². The number of benzene rings is 2. The second kappa shape index (κ2) is 7.33. The summed E-state index contributed by atoms with van der Waals surface area (Å²) >= 11 is 5.93. The fraction of sp³-hybridized carbons (Fsp3) is 0.263.